The minimum Gasteiger partial charge on any atom is -0.503 e. The molecular formula is C25H25N3O6. The van der Waals surface area contributed by atoms with E-state index in [-0.39, 0.29) is 17.0 Å². The van der Waals surface area contributed by atoms with Crippen molar-refractivity contribution in [2.24, 2.45) is 0 Å². The summed E-state index contributed by atoms with van der Waals surface area (Å²) in [4.78, 5) is 40.5. The number of aliphatic hydroxyl groups excluding tert-OH is 1. The van der Waals surface area contributed by atoms with Crippen LogP contribution in [0, 0.1) is 17.0 Å². The Morgan fingerprint density at radius 3 is 2.53 bits per heavy atom. The number of hydrogen-bond acceptors (Lipinski definition) is 7. The van der Waals surface area contributed by atoms with E-state index >= 15 is 0 Å². The van der Waals surface area contributed by atoms with Gasteiger partial charge in [-0.25, -0.2) is 0 Å². The number of aliphatic hydroxyl groups is 1. The number of carbonyl (C=O) groups excluding carboxylic acids is 2. The van der Waals surface area contributed by atoms with Crippen LogP contribution in [0.4, 0.5) is 5.69 Å². The van der Waals surface area contributed by atoms with Crippen LogP contribution in [0.3, 0.4) is 0 Å². The lowest BCUT2D eigenvalue weighted by molar-refractivity contribution is -0.384. The van der Waals surface area contributed by atoms with E-state index in [1.807, 2.05) is 38.1 Å². The van der Waals surface area contributed by atoms with Crippen molar-refractivity contribution < 1.29 is 24.0 Å². The van der Waals surface area contributed by atoms with E-state index in [1.54, 1.807) is 12.1 Å². The second-order valence-electron chi connectivity index (χ2n) is 8.65. The van der Waals surface area contributed by atoms with Crippen LogP contribution in [0.15, 0.2) is 64.3 Å². The molecular weight excluding hydrogens is 438 g/mol. The van der Waals surface area contributed by atoms with Gasteiger partial charge in [0, 0.05) is 24.1 Å². The number of nitro groups is 1. The van der Waals surface area contributed by atoms with Crippen LogP contribution in [0.5, 0.6) is 0 Å². The zero-order chi connectivity index (χ0) is 24.6. The molecule has 9 heteroatoms. The van der Waals surface area contributed by atoms with Gasteiger partial charge >= 0.3 is 0 Å². The lowest BCUT2D eigenvalue weighted by atomic mass is 9.94. The molecule has 1 aliphatic heterocycles. The minimum atomic E-state index is -0.891. The van der Waals surface area contributed by atoms with Crippen molar-refractivity contribution >= 4 is 28.3 Å². The molecule has 2 heterocycles. The molecule has 34 heavy (non-hydrogen) atoms. The van der Waals surface area contributed by atoms with Gasteiger partial charge in [0.25, 0.3) is 11.6 Å². The summed E-state index contributed by atoms with van der Waals surface area (Å²) in [5.41, 5.74) is 1.80. The maximum absolute atomic E-state index is 13.5. The van der Waals surface area contributed by atoms with Gasteiger partial charge in [0.1, 0.15) is 5.58 Å². The van der Waals surface area contributed by atoms with Crippen molar-refractivity contribution in [3.8, 4) is 0 Å². The molecule has 9 nitrogen and oxygen atoms in total. The normalized spacial score (nSPS) is 16.2. The summed E-state index contributed by atoms with van der Waals surface area (Å²) in [6, 6.07) is 11.9. The van der Waals surface area contributed by atoms with Crippen LogP contribution in [0.2, 0.25) is 0 Å². The van der Waals surface area contributed by atoms with Crippen molar-refractivity contribution in [1.29, 1.82) is 0 Å². The topological polar surface area (TPSA) is 117 Å². The van der Waals surface area contributed by atoms with Gasteiger partial charge in [-0.3, -0.25) is 19.7 Å². The smallest absolute Gasteiger partial charge is 0.290 e. The summed E-state index contributed by atoms with van der Waals surface area (Å²) < 4.78 is 5.74. The van der Waals surface area contributed by atoms with Crippen molar-refractivity contribution in [2.45, 2.75) is 19.4 Å². The number of non-ortho nitro benzene ring substituents is 1. The van der Waals surface area contributed by atoms with Gasteiger partial charge in [-0.1, -0.05) is 11.6 Å². The van der Waals surface area contributed by atoms with E-state index < -0.39 is 28.4 Å². The largest absolute Gasteiger partial charge is 0.503 e. The minimum absolute atomic E-state index is 0.0111. The summed E-state index contributed by atoms with van der Waals surface area (Å²) in [5, 5.41) is 22.6. The van der Waals surface area contributed by atoms with Crippen LogP contribution in [-0.2, 0) is 4.79 Å². The average Bonchev–Trinajstić information content (AvgIpc) is 3.32. The van der Waals surface area contributed by atoms with Crippen LogP contribution in [0.1, 0.15) is 34.1 Å². The third kappa shape index (κ3) is 4.29. The molecule has 1 amide bonds. The quantitative estimate of drug-likeness (QED) is 0.302. The summed E-state index contributed by atoms with van der Waals surface area (Å²) >= 11 is 0. The molecule has 1 aromatic heterocycles. The van der Waals surface area contributed by atoms with Gasteiger partial charge in [-0.2, -0.15) is 0 Å². The average molecular weight is 463 g/mol. The Morgan fingerprint density at radius 2 is 1.88 bits per heavy atom. The molecule has 1 N–H and O–H groups in total. The second kappa shape index (κ2) is 9.11. The van der Waals surface area contributed by atoms with Gasteiger partial charge in [0.15, 0.2) is 11.5 Å². The maximum Gasteiger partial charge on any atom is 0.290 e. The monoisotopic (exact) mass is 463 g/mol. The number of rotatable bonds is 8. The first-order chi connectivity index (χ1) is 16.2. The number of aryl methyl sites for hydroxylation is 1. The van der Waals surface area contributed by atoms with Gasteiger partial charge in [0.05, 0.1) is 16.5 Å². The Bertz CT molecular complexity index is 1310. The second-order valence-corrected chi connectivity index (χ2v) is 8.65. The van der Waals surface area contributed by atoms with Gasteiger partial charge in [-0.15, -0.1) is 0 Å². The van der Waals surface area contributed by atoms with Gasteiger partial charge in [0.2, 0.25) is 5.78 Å². The maximum atomic E-state index is 13.5. The zero-order valence-corrected chi connectivity index (χ0v) is 19.1. The highest BCUT2D eigenvalue weighted by atomic mass is 16.6. The van der Waals surface area contributed by atoms with E-state index in [0.29, 0.717) is 30.7 Å². The van der Waals surface area contributed by atoms with E-state index in [0.717, 1.165) is 10.9 Å². The van der Waals surface area contributed by atoms with Crippen LogP contribution in [0.25, 0.3) is 11.0 Å². The van der Waals surface area contributed by atoms with E-state index in [9.17, 15) is 24.8 Å². The molecule has 0 aliphatic carbocycles. The number of amides is 1. The first-order valence-corrected chi connectivity index (χ1v) is 10.9. The lowest BCUT2D eigenvalue weighted by Gasteiger charge is -2.27. The van der Waals surface area contributed by atoms with Crippen LogP contribution in [-0.4, -0.2) is 58.7 Å². The summed E-state index contributed by atoms with van der Waals surface area (Å²) in [7, 11) is 3.82. The number of Topliss-reactive ketones (excluding diaryl/α,β-unsaturated/α-hetero) is 1. The molecule has 0 spiro atoms. The predicted molar refractivity (Wildman–Crippen MR) is 126 cm³/mol. The molecule has 0 saturated carbocycles. The summed E-state index contributed by atoms with van der Waals surface area (Å²) in [5.74, 6) is -1.87. The lowest BCUT2D eigenvalue weighted by Crippen LogP contribution is -2.33. The van der Waals surface area contributed by atoms with Crippen molar-refractivity contribution in [2.75, 3.05) is 27.2 Å². The molecule has 0 bridgehead atoms. The fourth-order valence-electron chi connectivity index (χ4n) is 4.21. The molecule has 0 fully saturated rings. The zero-order valence-electron chi connectivity index (χ0n) is 19.1. The standard InChI is InChI=1S/C25H25N3O6/c1-15-5-10-19-17(13-15)14-20(34-19)23(29)21-22(16-6-8-18(9-7-16)28(32)33)27(25(31)24(21)30)12-4-11-26(2)3/h5-10,13-14,22,30H,4,11-12H2,1-3H3. The molecule has 4 rings (SSSR count). The fraction of sp³-hybridized carbons (Fsp3) is 0.280. The Morgan fingerprint density at radius 1 is 1.18 bits per heavy atom. The van der Waals surface area contributed by atoms with Crippen LogP contribution < -0.4 is 0 Å². The Balaban J connectivity index is 1.75. The van der Waals surface area contributed by atoms with E-state index in [2.05, 4.69) is 0 Å². The number of nitrogens with zero attached hydrogens (tertiary/aromatic N) is 3. The molecule has 0 saturated heterocycles. The highest BCUT2D eigenvalue weighted by Gasteiger charge is 2.44. The molecule has 176 valence electrons. The highest BCUT2D eigenvalue weighted by Crippen LogP contribution is 2.40. The fourth-order valence-corrected chi connectivity index (χ4v) is 4.21. The summed E-state index contributed by atoms with van der Waals surface area (Å²) in [6.07, 6.45) is 0.612. The molecule has 3 aromatic rings. The molecule has 1 aliphatic rings. The van der Waals surface area contributed by atoms with E-state index in [4.69, 9.17) is 4.42 Å². The number of fused-ring (bicyclic) bond motifs is 1. The highest BCUT2D eigenvalue weighted by molar-refractivity contribution is 6.16. The first kappa shape index (κ1) is 23.2. The molecule has 1 unspecified atom stereocenters. The Hall–Kier alpha value is -3.98. The number of benzene rings is 2. The molecule has 1 atom stereocenters. The number of furan rings is 1. The van der Waals surface area contributed by atoms with Crippen molar-refractivity contribution in [1.82, 2.24) is 9.80 Å². The summed E-state index contributed by atoms with van der Waals surface area (Å²) in [6.45, 7) is 2.91. The Labute approximate surface area is 196 Å². The van der Waals surface area contributed by atoms with E-state index in [1.165, 1.54) is 29.2 Å². The van der Waals surface area contributed by atoms with Crippen LogP contribution >= 0.6 is 0 Å². The van der Waals surface area contributed by atoms with Crippen molar-refractivity contribution in [3.63, 3.8) is 0 Å². The number of ketones is 1. The Kier molecular flexibility index (Phi) is 6.21. The third-order valence-electron chi connectivity index (χ3n) is 5.87. The third-order valence-corrected chi connectivity index (χ3v) is 5.87. The molecule has 2 aromatic carbocycles. The predicted octanol–water partition coefficient (Wildman–Crippen LogP) is 4.18. The number of hydrogen-bond donors (Lipinski definition) is 1. The van der Waals surface area contributed by atoms with Crippen molar-refractivity contribution in [3.05, 3.63) is 86.9 Å². The number of carbonyl (C=O) groups is 2. The first-order valence-electron chi connectivity index (χ1n) is 10.9. The van der Waals surface area contributed by atoms with Gasteiger partial charge < -0.3 is 19.3 Å². The molecule has 0 radical (unpaired) electrons. The SMILES string of the molecule is Cc1ccc2oc(C(=O)C3=C(O)C(=O)N(CCCN(C)C)C3c3ccc([N+](=O)[O-])cc3)cc2c1. The van der Waals surface area contributed by atoms with Gasteiger partial charge in [-0.05, 0) is 69.9 Å². The number of nitro benzene ring substituents is 1.